The number of carbonyl (C=O) groups is 1. The minimum absolute atomic E-state index is 0.139. The second-order valence-electron chi connectivity index (χ2n) is 7.30. The van der Waals surface area contributed by atoms with Crippen LogP contribution in [0.5, 0.6) is 5.75 Å². The molecule has 1 saturated heterocycles. The van der Waals surface area contributed by atoms with Crippen LogP contribution in [0.2, 0.25) is 0 Å². The predicted octanol–water partition coefficient (Wildman–Crippen LogP) is 3.67. The number of hydrogen-bond acceptors (Lipinski definition) is 4. The van der Waals surface area contributed by atoms with Crippen LogP contribution in [-0.4, -0.2) is 38.8 Å². The minimum Gasteiger partial charge on any atom is -0.496 e. The number of methoxy groups -OCH3 is 1. The summed E-state index contributed by atoms with van der Waals surface area (Å²) in [6, 6.07) is 11.9. The molecule has 0 saturated carbocycles. The molecule has 1 N–H and O–H groups in total. The number of ether oxygens (including phenoxy) is 1. The van der Waals surface area contributed by atoms with Gasteiger partial charge in [0.25, 0.3) is 5.91 Å². The van der Waals surface area contributed by atoms with Crippen LogP contribution >= 0.6 is 0 Å². The van der Waals surface area contributed by atoms with Gasteiger partial charge in [0.15, 0.2) is 0 Å². The maximum Gasteiger partial charge on any atom is 0.251 e. The molecule has 0 radical (unpaired) electrons. The van der Waals surface area contributed by atoms with Crippen LogP contribution < -0.4 is 10.1 Å². The standard InChI is InChI=1S/C22H28N2O4S/c1-4-20(18-9-12-21(28-3)16(2)15-18)23-22(25)17-7-10-19(11-8-17)29(26,27)24-13-5-6-14-24/h7-12,15,20H,4-6,13-14H2,1-3H3,(H,23,25)/t20-/m1/s1. The van der Waals surface area contributed by atoms with Crippen molar-refractivity contribution in [2.75, 3.05) is 20.2 Å². The number of nitrogens with one attached hydrogen (secondary N) is 1. The van der Waals surface area contributed by atoms with Gasteiger partial charge in [-0.05, 0) is 67.6 Å². The van der Waals surface area contributed by atoms with Crippen molar-refractivity contribution in [3.8, 4) is 5.75 Å². The molecule has 6 nitrogen and oxygen atoms in total. The van der Waals surface area contributed by atoms with E-state index in [1.807, 2.05) is 32.0 Å². The molecule has 1 aliphatic heterocycles. The Hall–Kier alpha value is -2.38. The first-order valence-corrected chi connectivity index (χ1v) is 11.4. The smallest absolute Gasteiger partial charge is 0.251 e. The zero-order valence-corrected chi connectivity index (χ0v) is 18.0. The van der Waals surface area contributed by atoms with E-state index in [0.717, 1.165) is 36.1 Å². The first-order chi connectivity index (χ1) is 13.9. The van der Waals surface area contributed by atoms with Gasteiger partial charge in [0.2, 0.25) is 10.0 Å². The van der Waals surface area contributed by atoms with Crippen LogP contribution in [0.25, 0.3) is 0 Å². The SMILES string of the molecule is CC[C@@H](NC(=O)c1ccc(S(=O)(=O)N2CCCC2)cc1)c1ccc(OC)c(C)c1. The molecular formula is C22H28N2O4S. The van der Waals surface area contributed by atoms with E-state index in [0.29, 0.717) is 18.7 Å². The Morgan fingerprint density at radius 3 is 2.34 bits per heavy atom. The van der Waals surface area contributed by atoms with Crippen molar-refractivity contribution in [3.05, 3.63) is 59.2 Å². The van der Waals surface area contributed by atoms with Gasteiger partial charge >= 0.3 is 0 Å². The highest BCUT2D eigenvalue weighted by Gasteiger charge is 2.27. The molecule has 7 heteroatoms. The van der Waals surface area contributed by atoms with Gasteiger partial charge in [-0.1, -0.05) is 19.1 Å². The summed E-state index contributed by atoms with van der Waals surface area (Å²) >= 11 is 0. The number of hydrogen-bond donors (Lipinski definition) is 1. The third kappa shape index (κ3) is 4.62. The van der Waals surface area contributed by atoms with Gasteiger partial charge in [-0.3, -0.25) is 4.79 Å². The van der Waals surface area contributed by atoms with Gasteiger partial charge in [0.05, 0.1) is 18.0 Å². The largest absolute Gasteiger partial charge is 0.496 e. The Kier molecular flexibility index (Phi) is 6.59. The number of aryl methyl sites for hydroxylation is 1. The van der Waals surface area contributed by atoms with Gasteiger partial charge in [-0.2, -0.15) is 4.31 Å². The number of sulfonamides is 1. The van der Waals surface area contributed by atoms with Crippen LogP contribution in [0.1, 0.15) is 53.7 Å². The second-order valence-corrected chi connectivity index (χ2v) is 9.24. The summed E-state index contributed by atoms with van der Waals surface area (Å²) in [6.07, 6.45) is 2.52. The summed E-state index contributed by atoms with van der Waals surface area (Å²) in [4.78, 5) is 12.9. The fourth-order valence-corrected chi connectivity index (χ4v) is 5.15. The molecule has 1 fully saturated rings. The highest BCUT2D eigenvalue weighted by molar-refractivity contribution is 7.89. The molecule has 29 heavy (non-hydrogen) atoms. The molecule has 0 spiro atoms. The van der Waals surface area contributed by atoms with Crippen molar-refractivity contribution < 1.29 is 17.9 Å². The van der Waals surface area contributed by atoms with Crippen LogP contribution in [0.15, 0.2) is 47.4 Å². The van der Waals surface area contributed by atoms with E-state index in [2.05, 4.69) is 5.32 Å². The van der Waals surface area contributed by atoms with Gasteiger partial charge in [0.1, 0.15) is 5.75 Å². The molecule has 156 valence electrons. The maximum absolute atomic E-state index is 12.7. The van der Waals surface area contributed by atoms with E-state index in [4.69, 9.17) is 4.74 Å². The number of nitrogens with zero attached hydrogens (tertiary/aromatic N) is 1. The number of carbonyl (C=O) groups excluding carboxylic acids is 1. The highest BCUT2D eigenvalue weighted by Crippen LogP contribution is 2.25. The lowest BCUT2D eigenvalue weighted by Gasteiger charge is -2.19. The Labute approximate surface area is 172 Å². The molecular weight excluding hydrogens is 388 g/mol. The van der Waals surface area contributed by atoms with Gasteiger partial charge in [0, 0.05) is 18.7 Å². The van der Waals surface area contributed by atoms with E-state index in [9.17, 15) is 13.2 Å². The molecule has 1 heterocycles. The van der Waals surface area contributed by atoms with Crippen LogP contribution in [0.3, 0.4) is 0 Å². The third-order valence-corrected chi connectivity index (χ3v) is 7.27. The van der Waals surface area contributed by atoms with Crippen LogP contribution in [-0.2, 0) is 10.0 Å². The number of rotatable bonds is 7. The van der Waals surface area contributed by atoms with Crippen LogP contribution in [0, 0.1) is 6.92 Å². The molecule has 0 aliphatic carbocycles. The molecule has 0 bridgehead atoms. The third-order valence-electron chi connectivity index (χ3n) is 5.35. The molecule has 1 amide bonds. The first-order valence-electron chi connectivity index (χ1n) is 9.92. The van der Waals surface area contributed by atoms with Crippen molar-refractivity contribution >= 4 is 15.9 Å². The minimum atomic E-state index is -3.47. The van der Waals surface area contributed by atoms with Crippen molar-refractivity contribution in [1.29, 1.82) is 0 Å². The number of amides is 1. The summed E-state index contributed by atoms with van der Waals surface area (Å²) in [6.45, 7) is 5.10. The van der Waals surface area contributed by atoms with E-state index >= 15 is 0 Å². The molecule has 1 atom stereocenters. The average molecular weight is 417 g/mol. The normalized spacial score (nSPS) is 15.8. The quantitative estimate of drug-likeness (QED) is 0.747. The molecule has 0 unspecified atom stereocenters. The topological polar surface area (TPSA) is 75.7 Å². The van der Waals surface area contributed by atoms with E-state index < -0.39 is 10.0 Å². The van der Waals surface area contributed by atoms with Crippen molar-refractivity contribution in [3.63, 3.8) is 0 Å². The number of benzene rings is 2. The maximum atomic E-state index is 12.7. The van der Waals surface area contributed by atoms with Gasteiger partial charge in [-0.15, -0.1) is 0 Å². The lowest BCUT2D eigenvalue weighted by atomic mass is 10.0. The molecule has 2 aromatic carbocycles. The van der Waals surface area contributed by atoms with Crippen molar-refractivity contribution in [2.45, 2.75) is 44.0 Å². The van der Waals surface area contributed by atoms with Gasteiger partial charge in [-0.25, -0.2) is 8.42 Å². The van der Waals surface area contributed by atoms with Crippen LogP contribution in [0.4, 0.5) is 0 Å². The van der Waals surface area contributed by atoms with E-state index in [1.54, 1.807) is 19.2 Å². The summed E-state index contributed by atoms with van der Waals surface area (Å²) in [5.74, 6) is 0.583. The summed E-state index contributed by atoms with van der Waals surface area (Å²) < 4.78 is 32.0. The molecule has 3 rings (SSSR count). The van der Waals surface area contributed by atoms with Gasteiger partial charge < -0.3 is 10.1 Å². The fourth-order valence-electron chi connectivity index (χ4n) is 3.64. The highest BCUT2D eigenvalue weighted by atomic mass is 32.2. The lowest BCUT2D eigenvalue weighted by molar-refractivity contribution is 0.0935. The van der Waals surface area contributed by atoms with Crippen molar-refractivity contribution in [2.24, 2.45) is 0 Å². The van der Waals surface area contributed by atoms with E-state index in [-0.39, 0.29) is 16.8 Å². The Balaban J connectivity index is 1.73. The second kappa shape index (κ2) is 8.97. The van der Waals surface area contributed by atoms with E-state index in [1.165, 1.54) is 16.4 Å². The zero-order chi connectivity index (χ0) is 21.0. The Bertz CT molecular complexity index is 965. The van der Waals surface area contributed by atoms with Crippen molar-refractivity contribution in [1.82, 2.24) is 9.62 Å². The molecule has 2 aromatic rings. The predicted molar refractivity (Wildman–Crippen MR) is 113 cm³/mol. The monoisotopic (exact) mass is 416 g/mol. The molecule has 1 aliphatic rings. The Morgan fingerprint density at radius 1 is 1.14 bits per heavy atom. The first kappa shape index (κ1) is 21.3. The Morgan fingerprint density at radius 2 is 1.79 bits per heavy atom. The fraction of sp³-hybridized carbons (Fsp3) is 0.409. The molecule has 0 aromatic heterocycles. The average Bonchev–Trinajstić information content (AvgIpc) is 3.27. The summed E-state index contributed by atoms with van der Waals surface area (Å²) in [7, 11) is -1.84. The zero-order valence-electron chi connectivity index (χ0n) is 17.1. The summed E-state index contributed by atoms with van der Waals surface area (Å²) in [5.41, 5.74) is 2.45. The lowest BCUT2D eigenvalue weighted by Crippen LogP contribution is -2.29. The summed E-state index contributed by atoms with van der Waals surface area (Å²) in [5, 5.41) is 3.04.